The van der Waals surface area contributed by atoms with Gasteiger partial charge in [0.05, 0.1) is 5.56 Å². The lowest BCUT2D eigenvalue weighted by Crippen LogP contribution is -2.38. The number of nitrogen functional groups attached to an aromatic ring is 1. The van der Waals surface area contributed by atoms with Crippen molar-refractivity contribution in [1.82, 2.24) is 4.90 Å². The van der Waals surface area contributed by atoms with Crippen LogP contribution in [-0.4, -0.2) is 23.4 Å². The molecule has 1 aliphatic heterocycles. The minimum absolute atomic E-state index is 0.0851. The fraction of sp³-hybridized carbons (Fsp3) is 0.533. The maximum atomic E-state index is 12.5. The molecule has 1 atom stereocenters. The van der Waals surface area contributed by atoms with Gasteiger partial charge in [0, 0.05) is 18.3 Å². The summed E-state index contributed by atoms with van der Waals surface area (Å²) in [5, 5.41) is 0. The first-order chi connectivity index (χ1) is 8.59. The first kappa shape index (κ1) is 12.9. The number of amides is 1. The predicted octanol–water partition coefficient (Wildman–Crippen LogP) is 2.98. The Labute approximate surface area is 109 Å². The zero-order valence-corrected chi connectivity index (χ0v) is 11.3. The van der Waals surface area contributed by atoms with Crippen LogP contribution in [0, 0.1) is 6.92 Å². The van der Waals surface area contributed by atoms with Gasteiger partial charge >= 0.3 is 0 Å². The van der Waals surface area contributed by atoms with E-state index in [-0.39, 0.29) is 5.91 Å². The highest BCUT2D eigenvalue weighted by atomic mass is 16.2. The summed E-state index contributed by atoms with van der Waals surface area (Å²) in [6.45, 7) is 4.97. The first-order valence-corrected chi connectivity index (χ1v) is 6.76. The van der Waals surface area contributed by atoms with E-state index in [0.29, 0.717) is 17.3 Å². The van der Waals surface area contributed by atoms with Crippen molar-refractivity contribution in [1.29, 1.82) is 0 Å². The molecular formula is C15H22N2O. The van der Waals surface area contributed by atoms with Gasteiger partial charge in [-0.25, -0.2) is 0 Å². The lowest BCUT2D eigenvalue weighted by Gasteiger charge is -2.27. The molecule has 1 amide bonds. The summed E-state index contributed by atoms with van der Waals surface area (Å²) < 4.78 is 0. The van der Waals surface area contributed by atoms with Crippen LogP contribution in [0.1, 0.15) is 48.5 Å². The Morgan fingerprint density at radius 3 is 2.83 bits per heavy atom. The Balaban J connectivity index is 2.23. The molecule has 0 bridgehead atoms. The molecule has 0 aliphatic carbocycles. The Kier molecular flexibility index (Phi) is 3.90. The van der Waals surface area contributed by atoms with Gasteiger partial charge in [-0.1, -0.05) is 18.9 Å². The van der Waals surface area contributed by atoms with Crippen LogP contribution in [-0.2, 0) is 0 Å². The van der Waals surface area contributed by atoms with Crippen molar-refractivity contribution in [2.24, 2.45) is 0 Å². The van der Waals surface area contributed by atoms with Gasteiger partial charge in [0.15, 0.2) is 0 Å². The largest absolute Gasteiger partial charge is 0.398 e. The third kappa shape index (κ3) is 2.66. The zero-order valence-electron chi connectivity index (χ0n) is 11.3. The molecule has 18 heavy (non-hydrogen) atoms. The average Bonchev–Trinajstić information content (AvgIpc) is 2.53. The molecule has 1 fully saturated rings. The molecule has 98 valence electrons. The van der Waals surface area contributed by atoms with Crippen molar-refractivity contribution in [3.05, 3.63) is 29.3 Å². The number of aryl methyl sites for hydroxylation is 1. The molecule has 1 saturated heterocycles. The Morgan fingerprint density at radius 2 is 2.11 bits per heavy atom. The lowest BCUT2D eigenvalue weighted by molar-refractivity contribution is 0.0699. The summed E-state index contributed by atoms with van der Waals surface area (Å²) in [5.74, 6) is 0.0851. The van der Waals surface area contributed by atoms with E-state index >= 15 is 0 Å². The second-order valence-corrected chi connectivity index (χ2v) is 5.29. The summed E-state index contributed by atoms with van der Waals surface area (Å²) in [4.78, 5) is 14.5. The number of nitrogens with zero attached hydrogens (tertiary/aromatic N) is 1. The summed E-state index contributed by atoms with van der Waals surface area (Å²) >= 11 is 0. The van der Waals surface area contributed by atoms with Crippen LogP contribution >= 0.6 is 0 Å². The fourth-order valence-electron chi connectivity index (χ4n) is 2.61. The van der Waals surface area contributed by atoms with Gasteiger partial charge < -0.3 is 10.6 Å². The van der Waals surface area contributed by atoms with Crippen LogP contribution in [0.4, 0.5) is 5.69 Å². The molecule has 1 aromatic carbocycles. The van der Waals surface area contributed by atoms with Crippen LogP contribution in [0.2, 0.25) is 0 Å². The monoisotopic (exact) mass is 246 g/mol. The van der Waals surface area contributed by atoms with Gasteiger partial charge in [0.2, 0.25) is 0 Å². The summed E-state index contributed by atoms with van der Waals surface area (Å²) in [5.41, 5.74) is 8.30. The number of hydrogen-bond acceptors (Lipinski definition) is 2. The van der Waals surface area contributed by atoms with Crippen molar-refractivity contribution >= 4 is 11.6 Å². The number of nitrogens with two attached hydrogens (primary N) is 1. The average molecular weight is 246 g/mol. The van der Waals surface area contributed by atoms with Gasteiger partial charge in [0.1, 0.15) is 0 Å². The number of carbonyl (C=O) groups excluding carboxylic acids is 1. The molecule has 0 spiro atoms. The van der Waals surface area contributed by atoms with Gasteiger partial charge in [0.25, 0.3) is 5.91 Å². The Hall–Kier alpha value is -1.51. The number of likely N-dealkylation sites (tertiary alicyclic amines) is 1. The van der Waals surface area contributed by atoms with E-state index in [1.54, 1.807) is 0 Å². The van der Waals surface area contributed by atoms with Crippen molar-refractivity contribution in [2.45, 2.75) is 45.6 Å². The maximum absolute atomic E-state index is 12.5. The molecule has 3 nitrogen and oxygen atoms in total. The van der Waals surface area contributed by atoms with Crippen molar-refractivity contribution in [2.75, 3.05) is 12.3 Å². The van der Waals surface area contributed by atoms with Crippen LogP contribution in [0.3, 0.4) is 0 Å². The molecule has 1 aliphatic rings. The molecule has 3 heteroatoms. The molecule has 0 aromatic heterocycles. The quantitative estimate of drug-likeness (QED) is 0.774. The van der Waals surface area contributed by atoms with Crippen LogP contribution in [0.15, 0.2) is 18.2 Å². The van der Waals surface area contributed by atoms with Crippen molar-refractivity contribution in [3.8, 4) is 0 Å². The van der Waals surface area contributed by atoms with E-state index in [2.05, 4.69) is 6.92 Å². The van der Waals surface area contributed by atoms with E-state index in [4.69, 9.17) is 5.73 Å². The highest BCUT2D eigenvalue weighted by Gasteiger charge is 2.24. The SMILES string of the molecule is Cc1ccc(C(=O)N2CCCCCC2C)c(N)c1. The van der Waals surface area contributed by atoms with Gasteiger partial charge in [-0.2, -0.15) is 0 Å². The molecule has 1 aromatic rings. The summed E-state index contributed by atoms with van der Waals surface area (Å²) in [7, 11) is 0. The molecule has 2 rings (SSSR count). The minimum atomic E-state index is 0.0851. The standard InChI is InChI=1S/C15H22N2O/c1-11-7-8-13(14(16)10-11)15(18)17-9-5-3-4-6-12(17)2/h7-8,10,12H,3-6,9,16H2,1-2H3. The third-order valence-electron chi connectivity index (χ3n) is 3.75. The second kappa shape index (κ2) is 5.42. The molecule has 0 saturated carbocycles. The maximum Gasteiger partial charge on any atom is 0.256 e. The van der Waals surface area contributed by atoms with E-state index in [9.17, 15) is 4.79 Å². The first-order valence-electron chi connectivity index (χ1n) is 6.76. The van der Waals surface area contributed by atoms with Gasteiger partial charge in [-0.15, -0.1) is 0 Å². The van der Waals surface area contributed by atoms with Crippen LogP contribution in [0.25, 0.3) is 0 Å². The van der Waals surface area contributed by atoms with E-state index < -0.39 is 0 Å². The molecule has 2 N–H and O–H groups in total. The number of hydrogen-bond donors (Lipinski definition) is 1. The number of carbonyl (C=O) groups is 1. The highest BCUT2D eigenvalue weighted by molar-refractivity contribution is 5.99. The van der Waals surface area contributed by atoms with Crippen LogP contribution < -0.4 is 5.73 Å². The Morgan fingerprint density at radius 1 is 1.33 bits per heavy atom. The molecular weight excluding hydrogens is 224 g/mol. The smallest absolute Gasteiger partial charge is 0.256 e. The van der Waals surface area contributed by atoms with Crippen molar-refractivity contribution in [3.63, 3.8) is 0 Å². The van der Waals surface area contributed by atoms with E-state index in [0.717, 1.165) is 24.9 Å². The summed E-state index contributed by atoms with van der Waals surface area (Å²) in [6.07, 6.45) is 4.63. The predicted molar refractivity (Wildman–Crippen MR) is 74.6 cm³/mol. The zero-order chi connectivity index (χ0) is 13.1. The fourth-order valence-corrected chi connectivity index (χ4v) is 2.61. The minimum Gasteiger partial charge on any atom is -0.398 e. The Bertz CT molecular complexity index is 442. The van der Waals surface area contributed by atoms with E-state index in [1.807, 2.05) is 30.0 Å². The third-order valence-corrected chi connectivity index (χ3v) is 3.75. The van der Waals surface area contributed by atoms with E-state index in [1.165, 1.54) is 12.8 Å². The lowest BCUT2D eigenvalue weighted by atomic mass is 10.1. The number of benzene rings is 1. The number of anilines is 1. The topological polar surface area (TPSA) is 46.3 Å². The van der Waals surface area contributed by atoms with Gasteiger partial charge in [-0.3, -0.25) is 4.79 Å². The van der Waals surface area contributed by atoms with Crippen LogP contribution in [0.5, 0.6) is 0 Å². The highest BCUT2D eigenvalue weighted by Crippen LogP contribution is 2.22. The van der Waals surface area contributed by atoms with Crippen molar-refractivity contribution < 1.29 is 4.79 Å². The second-order valence-electron chi connectivity index (χ2n) is 5.29. The molecule has 0 radical (unpaired) electrons. The summed E-state index contributed by atoms with van der Waals surface area (Å²) in [6, 6.07) is 5.99. The normalized spacial score (nSPS) is 20.6. The number of rotatable bonds is 1. The molecule has 1 heterocycles. The molecule has 1 unspecified atom stereocenters. The van der Waals surface area contributed by atoms with Gasteiger partial charge in [-0.05, 0) is 44.4 Å².